The molecule has 0 aromatic heterocycles. The summed E-state index contributed by atoms with van der Waals surface area (Å²) in [6.45, 7) is 9.53. The molecule has 0 aliphatic rings. The summed E-state index contributed by atoms with van der Waals surface area (Å²) in [5, 5.41) is 0. The Kier molecular flexibility index (Phi) is 23.8. The van der Waals surface area contributed by atoms with Gasteiger partial charge in [0.2, 0.25) is 0 Å². The number of allylic oxidation sites excluding steroid dienone is 2. The predicted molar refractivity (Wildman–Crippen MR) is 136 cm³/mol. The van der Waals surface area contributed by atoms with Crippen molar-refractivity contribution in [2.75, 3.05) is 0 Å². The van der Waals surface area contributed by atoms with Gasteiger partial charge in [-0.25, -0.2) is 0 Å². The zero-order chi connectivity index (χ0) is 21.4. The average molecular weight is 407 g/mol. The van der Waals surface area contributed by atoms with E-state index < -0.39 is 0 Å². The Labute approximate surface area is 186 Å². The second-order valence-corrected chi connectivity index (χ2v) is 10.0. The highest BCUT2D eigenvalue weighted by Crippen LogP contribution is 2.19. The number of unbranched alkanes of at least 4 members (excludes halogenated alkanes) is 13. The van der Waals surface area contributed by atoms with Gasteiger partial charge >= 0.3 is 0 Å². The smallest absolute Gasteiger partial charge is 0.0351 e. The van der Waals surface area contributed by atoms with Crippen LogP contribution in [-0.2, 0) is 0 Å². The van der Waals surface area contributed by atoms with Crippen LogP contribution >= 0.6 is 0 Å². The molecule has 0 heterocycles. The summed E-state index contributed by atoms with van der Waals surface area (Å²) in [6.07, 6.45) is 34.7. The minimum absolute atomic E-state index is 0.944. The third kappa shape index (κ3) is 23.9. The van der Waals surface area contributed by atoms with E-state index in [9.17, 15) is 0 Å². The monoisotopic (exact) mass is 406 g/mol. The van der Waals surface area contributed by atoms with Crippen LogP contribution in [0, 0.1) is 11.8 Å². The van der Waals surface area contributed by atoms with E-state index in [4.69, 9.17) is 0 Å². The quantitative estimate of drug-likeness (QED) is 0.117. The first-order chi connectivity index (χ1) is 14.2. The summed E-state index contributed by atoms with van der Waals surface area (Å²) < 4.78 is 0. The molecule has 0 aliphatic heterocycles. The molecule has 0 radical (unpaired) electrons. The van der Waals surface area contributed by atoms with Crippen molar-refractivity contribution in [3.8, 4) is 0 Å². The lowest BCUT2D eigenvalue weighted by molar-refractivity contribution is 0.435. The lowest BCUT2D eigenvalue weighted by Gasteiger charge is -2.10. The van der Waals surface area contributed by atoms with Crippen molar-refractivity contribution in [2.24, 2.45) is 11.8 Å². The van der Waals surface area contributed by atoms with E-state index in [-0.39, 0.29) is 0 Å². The van der Waals surface area contributed by atoms with Gasteiger partial charge in [0.15, 0.2) is 0 Å². The minimum atomic E-state index is 0.944. The van der Waals surface area contributed by atoms with Crippen molar-refractivity contribution < 1.29 is 0 Å². The van der Waals surface area contributed by atoms with Crippen molar-refractivity contribution in [1.82, 2.24) is 0 Å². The molecule has 0 aromatic rings. The molecule has 0 bridgehead atoms. The highest BCUT2D eigenvalue weighted by Gasteiger charge is 2.02. The summed E-state index contributed by atoms with van der Waals surface area (Å²) in [5.74, 6) is 1.90. The van der Waals surface area contributed by atoms with Crippen LogP contribution in [0.3, 0.4) is 0 Å². The molecule has 0 rings (SSSR count). The fraction of sp³-hybridized carbons (Fsp3) is 0.931. The van der Waals surface area contributed by atoms with Crippen molar-refractivity contribution in [3.63, 3.8) is 0 Å². The molecule has 0 aromatic carbocycles. The predicted octanol–water partition coefficient (Wildman–Crippen LogP) is 11.0. The zero-order valence-corrected chi connectivity index (χ0v) is 21.2. The molecule has 174 valence electrons. The maximum absolute atomic E-state index is 2.46. The van der Waals surface area contributed by atoms with Gasteiger partial charge in [-0.1, -0.05) is 149 Å². The van der Waals surface area contributed by atoms with Gasteiger partial charge in [-0.05, 0) is 37.5 Å². The van der Waals surface area contributed by atoms with Crippen molar-refractivity contribution >= 4 is 0 Å². The summed E-state index contributed by atoms with van der Waals surface area (Å²) in [4.78, 5) is 0. The first-order valence-electron chi connectivity index (χ1n) is 13.9. The van der Waals surface area contributed by atoms with Gasteiger partial charge < -0.3 is 0 Å². The highest BCUT2D eigenvalue weighted by atomic mass is 14.1. The first kappa shape index (κ1) is 28.7. The molecule has 29 heavy (non-hydrogen) atoms. The number of hydrogen-bond donors (Lipinski definition) is 0. The summed E-state index contributed by atoms with van der Waals surface area (Å²) in [6, 6.07) is 0. The Bertz CT molecular complexity index is 316. The van der Waals surface area contributed by atoms with Crippen LogP contribution in [0.25, 0.3) is 0 Å². The number of rotatable bonds is 23. The van der Waals surface area contributed by atoms with Gasteiger partial charge in [-0.2, -0.15) is 0 Å². The molecule has 0 nitrogen and oxygen atoms in total. The van der Waals surface area contributed by atoms with E-state index in [1.165, 1.54) is 135 Å². The molecule has 0 aliphatic carbocycles. The van der Waals surface area contributed by atoms with E-state index in [0.717, 1.165) is 11.8 Å². The zero-order valence-electron chi connectivity index (χ0n) is 21.2. The Morgan fingerprint density at radius 1 is 0.414 bits per heavy atom. The lowest BCUT2D eigenvalue weighted by atomic mass is 9.96. The standard InChI is InChI=1S/C29H58/c1-5-7-9-17-21-25-29(4)27-23-19-16-14-12-11-13-15-18-22-26-28(3)24-20-10-8-6-2/h12,14,28-29H,5-11,13,15-27H2,1-4H3/b14-12+. The molecule has 0 heteroatoms. The van der Waals surface area contributed by atoms with Crippen molar-refractivity contribution in [2.45, 2.75) is 163 Å². The van der Waals surface area contributed by atoms with Crippen LogP contribution in [0.2, 0.25) is 0 Å². The molecule has 2 atom stereocenters. The van der Waals surface area contributed by atoms with Gasteiger partial charge in [-0.3, -0.25) is 0 Å². The summed E-state index contributed by atoms with van der Waals surface area (Å²) >= 11 is 0. The molecule has 0 spiro atoms. The van der Waals surface area contributed by atoms with Gasteiger partial charge in [-0.15, -0.1) is 0 Å². The molecule has 2 unspecified atom stereocenters. The topological polar surface area (TPSA) is 0 Å². The molecular formula is C29H58. The Balaban J connectivity index is 3.28. The second-order valence-electron chi connectivity index (χ2n) is 10.0. The molecule has 0 saturated carbocycles. The van der Waals surface area contributed by atoms with E-state index >= 15 is 0 Å². The maximum atomic E-state index is 2.46. The largest absolute Gasteiger partial charge is 0.0885 e. The summed E-state index contributed by atoms with van der Waals surface area (Å²) in [5.41, 5.74) is 0. The van der Waals surface area contributed by atoms with Gasteiger partial charge in [0.25, 0.3) is 0 Å². The molecular weight excluding hydrogens is 348 g/mol. The Morgan fingerprint density at radius 2 is 0.724 bits per heavy atom. The molecule has 0 N–H and O–H groups in total. The van der Waals surface area contributed by atoms with E-state index in [2.05, 4.69) is 39.8 Å². The fourth-order valence-corrected chi connectivity index (χ4v) is 4.40. The Hall–Kier alpha value is -0.260. The molecule has 0 saturated heterocycles. The molecule has 0 fully saturated rings. The van der Waals surface area contributed by atoms with Crippen LogP contribution < -0.4 is 0 Å². The SMILES string of the molecule is CCCCCCCC(C)CCCC/C=C/CCCCCCC(C)CCCCCC. The van der Waals surface area contributed by atoms with Gasteiger partial charge in [0.05, 0.1) is 0 Å². The van der Waals surface area contributed by atoms with Gasteiger partial charge in [0.1, 0.15) is 0 Å². The van der Waals surface area contributed by atoms with Gasteiger partial charge in [0, 0.05) is 0 Å². The molecule has 0 amide bonds. The maximum Gasteiger partial charge on any atom is -0.0351 e. The minimum Gasteiger partial charge on any atom is -0.0885 e. The summed E-state index contributed by atoms with van der Waals surface area (Å²) in [7, 11) is 0. The van der Waals surface area contributed by atoms with Crippen LogP contribution in [0.15, 0.2) is 12.2 Å². The third-order valence-electron chi connectivity index (χ3n) is 6.65. The lowest BCUT2D eigenvalue weighted by Crippen LogP contribution is -1.95. The van der Waals surface area contributed by atoms with E-state index in [1.54, 1.807) is 0 Å². The van der Waals surface area contributed by atoms with Crippen LogP contribution in [0.1, 0.15) is 163 Å². The first-order valence-corrected chi connectivity index (χ1v) is 13.9. The van der Waals surface area contributed by atoms with Crippen molar-refractivity contribution in [1.29, 1.82) is 0 Å². The van der Waals surface area contributed by atoms with Crippen LogP contribution in [0.4, 0.5) is 0 Å². The van der Waals surface area contributed by atoms with E-state index in [1.807, 2.05) is 0 Å². The average Bonchev–Trinajstić information content (AvgIpc) is 2.72. The Morgan fingerprint density at radius 3 is 1.17 bits per heavy atom. The van der Waals surface area contributed by atoms with Crippen LogP contribution in [0.5, 0.6) is 0 Å². The normalized spacial score (nSPS) is 13.9. The van der Waals surface area contributed by atoms with Crippen molar-refractivity contribution in [3.05, 3.63) is 12.2 Å². The van der Waals surface area contributed by atoms with E-state index in [0.29, 0.717) is 0 Å². The highest BCUT2D eigenvalue weighted by molar-refractivity contribution is 4.81. The van der Waals surface area contributed by atoms with Crippen LogP contribution in [-0.4, -0.2) is 0 Å². The number of hydrogen-bond acceptors (Lipinski definition) is 0. The second kappa shape index (κ2) is 24.0. The fourth-order valence-electron chi connectivity index (χ4n) is 4.40. The third-order valence-corrected chi connectivity index (χ3v) is 6.65.